The third-order valence-electron chi connectivity index (χ3n) is 7.30. The lowest BCUT2D eigenvalue weighted by Crippen LogP contribution is -2.50. The molecule has 0 aliphatic carbocycles. The van der Waals surface area contributed by atoms with Crippen LogP contribution in [0, 0.1) is 24.0 Å². The second kappa shape index (κ2) is 10.2. The maximum absolute atomic E-state index is 15.8. The van der Waals surface area contributed by atoms with Crippen molar-refractivity contribution >= 4 is 29.2 Å². The lowest BCUT2D eigenvalue weighted by atomic mass is 9.71. The molecule has 0 spiro atoms. The zero-order valence-corrected chi connectivity index (χ0v) is 21.4. The molecule has 0 radical (unpaired) electrons. The summed E-state index contributed by atoms with van der Waals surface area (Å²) >= 11 is 5.92. The fourth-order valence-corrected chi connectivity index (χ4v) is 5.39. The molecule has 2 atom stereocenters. The summed E-state index contributed by atoms with van der Waals surface area (Å²) < 4.78 is 35.5. The van der Waals surface area contributed by atoms with Crippen LogP contribution >= 0.6 is 11.6 Å². The number of nitrogens with one attached hydrogen (secondary N) is 3. The third kappa shape index (κ3) is 5.11. The number of ether oxygens (including phenoxy) is 1. The summed E-state index contributed by atoms with van der Waals surface area (Å²) in [6.45, 7) is 1.99. The normalized spacial score (nSPS) is 22.6. The number of H-pyrrole nitrogens is 1. The second-order valence-corrected chi connectivity index (χ2v) is 10.6. The minimum absolute atomic E-state index is 0.00376. The van der Waals surface area contributed by atoms with Gasteiger partial charge in [0.15, 0.2) is 11.6 Å². The molecule has 12 heteroatoms. The number of benzene rings is 1. The highest BCUT2D eigenvalue weighted by molar-refractivity contribution is 6.30. The predicted molar refractivity (Wildman–Crippen MR) is 135 cm³/mol. The highest BCUT2D eigenvalue weighted by Gasteiger charge is 2.46. The van der Waals surface area contributed by atoms with Crippen molar-refractivity contribution in [3.8, 4) is 0 Å². The van der Waals surface area contributed by atoms with Crippen LogP contribution in [0.1, 0.15) is 35.4 Å². The summed E-state index contributed by atoms with van der Waals surface area (Å²) in [7, 11) is 0. The van der Waals surface area contributed by atoms with Crippen LogP contribution in [0.2, 0.25) is 5.02 Å². The van der Waals surface area contributed by atoms with Crippen LogP contribution in [0.15, 0.2) is 30.3 Å². The first-order valence-electron chi connectivity index (χ1n) is 12.3. The molecule has 3 aromatic rings. The van der Waals surface area contributed by atoms with E-state index < -0.39 is 28.6 Å². The van der Waals surface area contributed by atoms with Crippen LogP contribution < -0.4 is 10.6 Å². The van der Waals surface area contributed by atoms with Crippen molar-refractivity contribution in [3.05, 3.63) is 69.5 Å². The van der Waals surface area contributed by atoms with Gasteiger partial charge in [-0.1, -0.05) is 23.7 Å². The third-order valence-corrected chi connectivity index (χ3v) is 7.59. The van der Waals surface area contributed by atoms with Gasteiger partial charge in [-0.15, -0.1) is 0 Å². The average Bonchev–Trinajstić information content (AvgIpc) is 3.27. The topological polar surface area (TPSA) is 132 Å². The molecule has 202 valence electrons. The molecule has 5 rings (SSSR count). The molecule has 0 saturated carbocycles. The van der Waals surface area contributed by atoms with Gasteiger partial charge in [-0.3, -0.25) is 9.89 Å². The molecule has 38 heavy (non-hydrogen) atoms. The van der Waals surface area contributed by atoms with Crippen molar-refractivity contribution in [3.63, 3.8) is 0 Å². The maximum Gasteiger partial charge on any atom is 0.310 e. The molecule has 1 aromatic carbocycles. The number of halogens is 3. The smallest absolute Gasteiger partial charge is 0.310 e. The molecule has 0 amide bonds. The van der Waals surface area contributed by atoms with Gasteiger partial charge in [0.25, 0.3) is 0 Å². The van der Waals surface area contributed by atoms with Crippen molar-refractivity contribution in [1.29, 1.82) is 0 Å². The number of nitrogens with zero attached hydrogens (tertiary/aromatic N) is 2. The number of hydrogen-bond donors (Lipinski definition) is 5. The van der Waals surface area contributed by atoms with Gasteiger partial charge in [0.1, 0.15) is 17.2 Å². The monoisotopic (exact) mass is 547 g/mol. The van der Waals surface area contributed by atoms with E-state index in [2.05, 4.69) is 25.8 Å². The van der Waals surface area contributed by atoms with Crippen LogP contribution in [0.5, 0.6) is 0 Å². The first kappa shape index (κ1) is 26.5. The van der Waals surface area contributed by atoms with Gasteiger partial charge in [-0.25, -0.2) is 13.8 Å². The number of aliphatic hydroxyl groups is 1. The summed E-state index contributed by atoms with van der Waals surface area (Å²) in [6, 6.07) is 7.45. The number of aromatic amines is 1. The van der Waals surface area contributed by atoms with Gasteiger partial charge in [-0.05, 0) is 50.4 Å². The van der Waals surface area contributed by atoms with E-state index in [9.17, 15) is 19.4 Å². The number of aromatic nitrogens is 3. The summed E-state index contributed by atoms with van der Waals surface area (Å²) in [5.41, 5.74) is -1.85. The lowest BCUT2D eigenvalue weighted by Gasteiger charge is -2.39. The van der Waals surface area contributed by atoms with E-state index in [4.69, 9.17) is 16.3 Å². The van der Waals surface area contributed by atoms with Crippen molar-refractivity contribution in [2.45, 2.75) is 44.2 Å². The Hall–Kier alpha value is -3.12. The number of rotatable bonds is 8. The van der Waals surface area contributed by atoms with Crippen LogP contribution in [-0.4, -0.2) is 57.2 Å². The van der Waals surface area contributed by atoms with E-state index in [-0.39, 0.29) is 67.0 Å². The second-order valence-electron chi connectivity index (χ2n) is 10.2. The van der Waals surface area contributed by atoms with Gasteiger partial charge in [-0.2, -0.15) is 5.10 Å². The molecule has 2 aliphatic rings. The van der Waals surface area contributed by atoms with Gasteiger partial charge in [0.05, 0.1) is 29.3 Å². The van der Waals surface area contributed by atoms with E-state index in [0.717, 1.165) is 5.69 Å². The Bertz CT molecular complexity index is 1370. The first-order valence-corrected chi connectivity index (χ1v) is 12.7. The number of aryl methyl sites for hydroxylation is 1. The van der Waals surface area contributed by atoms with Crippen LogP contribution in [-0.2, 0) is 28.0 Å². The minimum Gasteiger partial charge on any atom is -0.481 e. The fraction of sp³-hybridized carbons (Fsp3) is 0.423. The van der Waals surface area contributed by atoms with Gasteiger partial charge < -0.3 is 25.6 Å². The van der Waals surface area contributed by atoms with Crippen LogP contribution in [0.25, 0.3) is 0 Å². The van der Waals surface area contributed by atoms with E-state index in [1.807, 2.05) is 6.92 Å². The standard InChI is InChI=1S/C26H28ClF2N5O4/c1-14-7-21(34-33-14)32-20-9-17(26(37)12-38-13-26)23(29)19(31-20)11-25(24(35)36)5-6-30-16(10-25)8-15-3-2-4-18(27)22(15)28/h2-4,7,9,16,30,37H,5-6,8,10-13H2,1H3,(H,35,36)(H2,31,32,33,34). The van der Waals surface area contributed by atoms with Crippen molar-refractivity contribution in [2.75, 3.05) is 25.1 Å². The summed E-state index contributed by atoms with van der Waals surface area (Å²) in [5, 5.41) is 34.4. The molecule has 0 bridgehead atoms. The van der Waals surface area contributed by atoms with Gasteiger partial charge in [0.2, 0.25) is 0 Å². The Morgan fingerprint density at radius 3 is 2.71 bits per heavy atom. The number of piperidine rings is 1. The van der Waals surface area contributed by atoms with Gasteiger partial charge in [0, 0.05) is 29.8 Å². The molecule has 2 saturated heterocycles. The van der Waals surface area contributed by atoms with Crippen molar-refractivity contribution in [1.82, 2.24) is 20.5 Å². The molecule has 2 unspecified atom stereocenters. The Balaban J connectivity index is 1.47. The Kier molecular flexibility index (Phi) is 7.12. The van der Waals surface area contributed by atoms with Crippen molar-refractivity contribution in [2.24, 2.45) is 5.41 Å². The average molecular weight is 548 g/mol. The highest BCUT2D eigenvalue weighted by atomic mass is 35.5. The predicted octanol–water partition coefficient (Wildman–Crippen LogP) is 3.61. The SMILES string of the molecule is Cc1cc(Nc2cc(C3(O)COC3)c(F)c(CC3(C(=O)O)CCNC(Cc4cccc(Cl)c4F)C3)n2)n[nH]1. The Labute approximate surface area is 222 Å². The van der Waals surface area contributed by atoms with Gasteiger partial charge >= 0.3 is 5.97 Å². The quantitative estimate of drug-likeness (QED) is 0.289. The molecule has 2 fully saturated rings. The summed E-state index contributed by atoms with van der Waals surface area (Å²) in [5.74, 6) is -1.74. The number of aliphatic carboxylic acids is 1. The summed E-state index contributed by atoms with van der Waals surface area (Å²) in [6.07, 6.45) is 0.342. The highest BCUT2D eigenvalue weighted by Crippen LogP contribution is 2.40. The van der Waals surface area contributed by atoms with E-state index >= 15 is 4.39 Å². The van der Waals surface area contributed by atoms with Crippen LogP contribution in [0.3, 0.4) is 0 Å². The first-order chi connectivity index (χ1) is 18.1. The van der Waals surface area contributed by atoms with E-state index in [1.54, 1.807) is 18.2 Å². The largest absolute Gasteiger partial charge is 0.481 e. The molecule has 2 aliphatic heterocycles. The Morgan fingerprint density at radius 2 is 2.05 bits per heavy atom. The molecular formula is C26H28ClF2N5O4. The molecule has 9 nitrogen and oxygen atoms in total. The lowest BCUT2D eigenvalue weighted by molar-refractivity contribution is -0.186. The number of hydrogen-bond acceptors (Lipinski definition) is 7. The number of carboxylic acid groups (broad SMARTS) is 1. The zero-order valence-electron chi connectivity index (χ0n) is 20.7. The number of anilines is 2. The van der Waals surface area contributed by atoms with Crippen molar-refractivity contribution < 1.29 is 28.5 Å². The fourth-order valence-electron chi connectivity index (χ4n) is 5.19. The number of carbonyl (C=O) groups is 1. The number of pyridine rings is 1. The zero-order chi connectivity index (χ0) is 27.1. The van der Waals surface area contributed by atoms with E-state index in [0.29, 0.717) is 17.9 Å². The number of carboxylic acids is 1. The minimum atomic E-state index is -1.54. The Morgan fingerprint density at radius 1 is 1.26 bits per heavy atom. The molecule has 2 aromatic heterocycles. The van der Waals surface area contributed by atoms with E-state index in [1.165, 1.54) is 12.1 Å². The maximum atomic E-state index is 15.8. The molecule has 4 heterocycles. The molecular weight excluding hydrogens is 520 g/mol. The summed E-state index contributed by atoms with van der Waals surface area (Å²) in [4.78, 5) is 17.1. The van der Waals surface area contributed by atoms with Crippen LogP contribution in [0.4, 0.5) is 20.4 Å². The molecule has 5 N–H and O–H groups in total.